The first-order valence-electron chi connectivity index (χ1n) is 5.74. The van der Waals surface area contributed by atoms with E-state index in [0.717, 1.165) is 32.7 Å². The first-order chi connectivity index (χ1) is 7.09. The highest BCUT2D eigenvalue weighted by Gasteiger charge is 2.16. The molecule has 0 radical (unpaired) electrons. The molecule has 1 aliphatic rings. The van der Waals surface area contributed by atoms with Gasteiger partial charge >= 0.3 is 0 Å². The SMILES string of the molecule is CC(=O)N1CCN(CC=CC(C)C)CC1. The van der Waals surface area contributed by atoms with Crippen molar-refractivity contribution in [2.75, 3.05) is 32.7 Å². The summed E-state index contributed by atoms with van der Waals surface area (Å²) in [5.74, 6) is 0.830. The minimum Gasteiger partial charge on any atom is -0.340 e. The lowest BCUT2D eigenvalue weighted by Crippen LogP contribution is -2.47. The summed E-state index contributed by atoms with van der Waals surface area (Å²) in [4.78, 5) is 15.4. The third-order valence-electron chi connectivity index (χ3n) is 2.70. The second kappa shape index (κ2) is 5.91. The van der Waals surface area contributed by atoms with Crippen LogP contribution in [0.1, 0.15) is 20.8 Å². The lowest BCUT2D eigenvalue weighted by Gasteiger charge is -2.33. The van der Waals surface area contributed by atoms with Crippen molar-refractivity contribution in [1.82, 2.24) is 9.80 Å². The van der Waals surface area contributed by atoms with Gasteiger partial charge in [0.15, 0.2) is 0 Å². The fraction of sp³-hybridized carbons (Fsp3) is 0.750. The maximum atomic E-state index is 11.1. The van der Waals surface area contributed by atoms with Crippen LogP contribution in [0.2, 0.25) is 0 Å². The van der Waals surface area contributed by atoms with Crippen molar-refractivity contribution in [3.63, 3.8) is 0 Å². The molecule has 0 saturated carbocycles. The lowest BCUT2D eigenvalue weighted by molar-refractivity contribution is -0.130. The fourth-order valence-corrected chi connectivity index (χ4v) is 1.73. The fourth-order valence-electron chi connectivity index (χ4n) is 1.73. The summed E-state index contributed by atoms with van der Waals surface area (Å²) >= 11 is 0. The van der Waals surface area contributed by atoms with Crippen LogP contribution in [0.5, 0.6) is 0 Å². The van der Waals surface area contributed by atoms with Crippen LogP contribution in [0, 0.1) is 5.92 Å². The Bertz CT molecular complexity index is 228. The molecule has 3 heteroatoms. The summed E-state index contributed by atoms with van der Waals surface area (Å²) in [7, 11) is 0. The van der Waals surface area contributed by atoms with Crippen molar-refractivity contribution in [3.8, 4) is 0 Å². The number of hydrogen-bond acceptors (Lipinski definition) is 2. The van der Waals surface area contributed by atoms with Gasteiger partial charge in [-0.1, -0.05) is 26.0 Å². The molecule has 0 bridgehead atoms. The molecule has 1 amide bonds. The van der Waals surface area contributed by atoms with E-state index < -0.39 is 0 Å². The molecule has 1 fully saturated rings. The molecule has 0 unspecified atom stereocenters. The number of carbonyl (C=O) groups is 1. The van der Waals surface area contributed by atoms with Crippen molar-refractivity contribution in [2.45, 2.75) is 20.8 Å². The van der Waals surface area contributed by atoms with Gasteiger partial charge in [0.2, 0.25) is 5.91 Å². The second-order valence-electron chi connectivity index (χ2n) is 4.48. The van der Waals surface area contributed by atoms with Crippen molar-refractivity contribution in [3.05, 3.63) is 12.2 Å². The Morgan fingerprint density at radius 1 is 1.27 bits per heavy atom. The van der Waals surface area contributed by atoms with Crippen molar-refractivity contribution < 1.29 is 4.79 Å². The molecule has 3 nitrogen and oxygen atoms in total. The number of amides is 1. The van der Waals surface area contributed by atoms with Crippen LogP contribution in [0.15, 0.2) is 12.2 Å². The third kappa shape index (κ3) is 4.47. The molecule has 0 aromatic carbocycles. The predicted octanol–water partition coefficient (Wildman–Crippen LogP) is 1.36. The topological polar surface area (TPSA) is 23.6 Å². The molecule has 1 saturated heterocycles. The summed E-state index contributed by atoms with van der Waals surface area (Å²) in [6.07, 6.45) is 4.46. The van der Waals surface area contributed by atoms with Gasteiger partial charge in [-0.15, -0.1) is 0 Å². The van der Waals surface area contributed by atoms with E-state index in [0.29, 0.717) is 5.92 Å². The molecule has 1 rings (SSSR count). The monoisotopic (exact) mass is 210 g/mol. The number of carbonyl (C=O) groups excluding carboxylic acids is 1. The van der Waals surface area contributed by atoms with E-state index in [1.165, 1.54) is 0 Å². The van der Waals surface area contributed by atoms with Gasteiger partial charge in [0.1, 0.15) is 0 Å². The molecule has 1 heterocycles. The van der Waals surface area contributed by atoms with Crippen molar-refractivity contribution in [2.24, 2.45) is 5.92 Å². The summed E-state index contributed by atoms with van der Waals surface area (Å²) in [6, 6.07) is 0. The standard InChI is InChI=1S/C12H22N2O/c1-11(2)5-4-6-13-7-9-14(10-8-13)12(3)15/h4-5,11H,6-10H2,1-3H3. The van der Waals surface area contributed by atoms with Gasteiger partial charge in [0, 0.05) is 39.6 Å². The van der Waals surface area contributed by atoms with Gasteiger partial charge in [-0.3, -0.25) is 9.69 Å². The quantitative estimate of drug-likeness (QED) is 0.657. The number of piperazine rings is 1. The second-order valence-corrected chi connectivity index (χ2v) is 4.48. The van der Waals surface area contributed by atoms with Crippen LogP contribution < -0.4 is 0 Å². The summed E-state index contributed by atoms with van der Waals surface area (Å²) in [6.45, 7) is 10.8. The summed E-state index contributed by atoms with van der Waals surface area (Å²) in [5.41, 5.74) is 0. The Labute approximate surface area is 92.7 Å². The lowest BCUT2D eigenvalue weighted by atomic mass is 10.2. The van der Waals surface area contributed by atoms with E-state index in [1.54, 1.807) is 6.92 Å². The van der Waals surface area contributed by atoms with E-state index in [4.69, 9.17) is 0 Å². The molecule has 0 N–H and O–H groups in total. The zero-order valence-electron chi connectivity index (χ0n) is 10.1. The Hall–Kier alpha value is -0.830. The third-order valence-corrected chi connectivity index (χ3v) is 2.70. The van der Waals surface area contributed by atoms with Gasteiger partial charge in [-0.05, 0) is 5.92 Å². The number of nitrogens with zero attached hydrogens (tertiary/aromatic N) is 2. The molecule has 0 aromatic rings. The Morgan fingerprint density at radius 2 is 1.87 bits per heavy atom. The minimum absolute atomic E-state index is 0.201. The van der Waals surface area contributed by atoms with Gasteiger partial charge < -0.3 is 4.90 Å². The smallest absolute Gasteiger partial charge is 0.219 e. The van der Waals surface area contributed by atoms with Gasteiger partial charge in [0.05, 0.1) is 0 Å². The van der Waals surface area contributed by atoms with E-state index >= 15 is 0 Å². The molecule has 0 aromatic heterocycles. The normalized spacial score (nSPS) is 19.1. The largest absolute Gasteiger partial charge is 0.340 e. The predicted molar refractivity (Wildman–Crippen MR) is 62.7 cm³/mol. The molecular formula is C12H22N2O. The summed E-state index contributed by atoms with van der Waals surface area (Å²) in [5, 5.41) is 0. The van der Waals surface area contributed by atoms with E-state index in [1.807, 2.05) is 4.90 Å². The highest BCUT2D eigenvalue weighted by molar-refractivity contribution is 5.73. The van der Waals surface area contributed by atoms with Crippen LogP contribution >= 0.6 is 0 Å². The molecule has 0 atom stereocenters. The molecule has 0 aliphatic carbocycles. The maximum Gasteiger partial charge on any atom is 0.219 e. The Morgan fingerprint density at radius 3 is 2.33 bits per heavy atom. The van der Waals surface area contributed by atoms with Gasteiger partial charge in [-0.25, -0.2) is 0 Å². The van der Waals surface area contributed by atoms with Gasteiger partial charge in [0.25, 0.3) is 0 Å². The Balaban J connectivity index is 2.23. The Kier molecular flexibility index (Phi) is 4.82. The summed E-state index contributed by atoms with van der Waals surface area (Å²) < 4.78 is 0. The number of allylic oxidation sites excluding steroid dienone is 1. The first kappa shape index (κ1) is 12.2. The van der Waals surface area contributed by atoms with Crippen LogP contribution in [0.4, 0.5) is 0 Å². The molecule has 0 spiro atoms. The average Bonchev–Trinajstić information content (AvgIpc) is 2.18. The molecule has 1 aliphatic heterocycles. The van der Waals surface area contributed by atoms with Crippen molar-refractivity contribution >= 4 is 5.91 Å². The average molecular weight is 210 g/mol. The minimum atomic E-state index is 0.201. The zero-order chi connectivity index (χ0) is 11.3. The number of hydrogen-bond donors (Lipinski definition) is 0. The molecule has 86 valence electrons. The highest BCUT2D eigenvalue weighted by atomic mass is 16.2. The van der Waals surface area contributed by atoms with Crippen LogP contribution in [-0.2, 0) is 4.79 Å². The number of rotatable bonds is 3. The highest BCUT2D eigenvalue weighted by Crippen LogP contribution is 2.02. The zero-order valence-corrected chi connectivity index (χ0v) is 10.1. The van der Waals surface area contributed by atoms with Crippen molar-refractivity contribution in [1.29, 1.82) is 0 Å². The first-order valence-corrected chi connectivity index (χ1v) is 5.74. The van der Waals surface area contributed by atoms with Crippen LogP contribution in [0.3, 0.4) is 0 Å². The van der Waals surface area contributed by atoms with Crippen LogP contribution in [0.25, 0.3) is 0 Å². The maximum absolute atomic E-state index is 11.1. The molecular weight excluding hydrogens is 188 g/mol. The molecule has 15 heavy (non-hydrogen) atoms. The van der Waals surface area contributed by atoms with Gasteiger partial charge in [-0.2, -0.15) is 0 Å². The van der Waals surface area contributed by atoms with E-state index in [-0.39, 0.29) is 5.91 Å². The van der Waals surface area contributed by atoms with E-state index in [2.05, 4.69) is 30.9 Å². The van der Waals surface area contributed by atoms with E-state index in [9.17, 15) is 4.79 Å². The van der Waals surface area contributed by atoms with Crippen LogP contribution in [-0.4, -0.2) is 48.4 Å².